The van der Waals surface area contributed by atoms with E-state index in [1.807, 2.05) is 99.6 Å². The van der Waals surface area contributed by atoms with E-state index in [0.29, 0.717) is 18.1 Å². The Labute approximate surface area is 229 Å². The molecule has 0 saturated carbocycles. The van der Waals surface area contributed by atoms with E-state index in [1.165, 1.54) is 5.56 Å². The van der Waals surface area contributed by atoms with Crippen LogP contribution in [0.25, 0.3) is 0 Å². The van der Waals surface area contributed by atoms with Gasteiger partial charge in [-0.05, 0) is 67.6 Å². The molecule has 0 spiro atoms. The summed E-state index contributed by atoms with van der Waals surface area (Å²) < 4.78 is 6.81. The first-order valence-corrected chi connectivity index (χ1v) is 13.4. The molecule has 37 heavy (non-hydrogen) atoms. The van der Waals surface area contributed by atoms with Crippen molar-refractivity contribution in [2.75, 3.05) is 6.61 Å². The highest BCUT2D eigenvalue weighted by Gasteiger charge is 2.32. The highest BCUT2D eigenvalue weighted by molar-refractivity contribution is 9.10. The number of rotatable bonds is 10. The van der Waals surface area contributed by atoms with Crippen molar-refractivity contribution >= 4 is 27.7 Å². The molecule has 3 aromatic rings. The van der Waals surface area contributed by atoms with Crippen LogP contribution in [0.3, 0.4) is 0 Å². The monoisotopic (exact) mass is 564 g/mol. The van der Waals surface area contributed by atoms with Crippen molar-refractivity contribution in [1.29, 1.82) is 0 Å². The summed E-state index contributed by atoms with van der Waals surface area (Å²) in [5.74, 6) is 0.592. The number of carbonyl (C=O) groups is 2. The highest BCUT2D eigenvalue weighted by atomic mass is 79.9. The molecule has 0 aliphatic rings. The lowest BCUT2D eigenvalue weighted by Crippen LogP contribution is -2.55. The van der Waals surface area contributed by atoms with Gasteiger partial charge < -0.3 is 15.0 Å². The zero-order valence-corrected chi connectivity index (χ0v) is 23.9. The molecule has 3 aromatic carbocycles. The molecule has 0 bridgehead atoms. The molecule has 5 nitrogen and oxygen atoms in total. The fourth-order valence-corrected chi connectivity index (χ4v) is 4.46. The van der Waals surface area contributed by atoms with E-state index in [-0.39, 0.29) is 25.0 Å². The van der Waals surface area contributed by atoms with Crippen molar-refractivity contribution in [1.82, 2.24) is 10.2 Å². The summed E-state index contributed by atoms with van der Waals surface area (Å²) in [6, 6.07) is 24.7. The average Bonchev–Trinajstić information content (AvgIpc) is 2.84. The largest absolute Gasteiger partial charge is 0.484 e. The molecule has 0 fully saturated rings. The second-order valence-corrected chi connectivity index (χ2v) is 11.5. The van der Waals surface area contributed by atoms with E-state index < -0.39 is 11.6 Å². The topological polar surface area (TPSA) is 58.6 Å². The van der Waals surface area contributed by atoms with Gasteiger partial charge in [0.05, 0.1) is 0 Å². The minimum Gasteiger partial charge on any atom is -0.484 e. The Bertz CT molecular complexity index is 1170. The summed E-state index contributed by atoms with van der Waals surface area (Å²) >= 11 is 3.52. The van der Waals surface area contributed by atoms with E-state index in [2.05, 4.69) is 35.1 Å². The number of nitrogens with one attached hydrogen (secondary N) is 1. The van der Waals surface area contributed by atoms with Crippen LogP contribution in [0, 0.1) is 0 Å². The van der Waals surface area contributed by atoms with Crippen LogP contribution >= 0.6 is 15.9 Å². The van der Waals surface area contributed by atoms with Gasteiger partial charge in [-0.15, -0.1) is 0 Å². The van der Waals surface area contributed by atoms with Crippen molar-refractivity contribution in [2.24, 2.45) is 0 Å². The Morgan fingerprint density at radius 3 is 2.16 bits per heavy atom. The normalized spacial score (nSPS) is 12.2. The van der Waals surface area contributed by atoms with Crippen molar-refractivity contribution in [2.45, 2.75) is 65.1 Å². The van der Waals surface area contributed by atoms with Gasteiger partial charge in [-0.3, -0.25) is 9.59 Å². The summed E-state index contributed by atoms with van der Waals surface area (Å²) in [5.41, 5.74) is 2.67. The lowest BCUT2D eigenvalue weighted by molar-refractivity contribution is -0.143. The van der Waals surface area contributed by atoms with Crippen molar-refractivity contribution < 1.29 is 14.3 Å². The van der Waals surface area contributed by atoms with Crippen LogP contribution in [0.1, 0.15) is 57.2 Å². The van der Waals surface area contributed by atoms with Crippen molar-refractivity contribution in [3.63, 3.8) is 0 Å². The van der Waals surface area contributed by atoms with Crippen LogP contribution in [-0.4, -0.2) is 34.9 Å². The van der Waals surface area contributed by atoms with Crippen LogP contribution in [0.4, 0.5) is 0 Å². The van der Waals surface area contributed by atoms with Gasteiger partial charge in [0.1, 0.15) is 11.8 Å². The van der Waals surface area contributed by atoms with Gasteiger partial charge in [-0.2, -0.15) is 0 Å². The number of ether oxygens (including phenoxy) is 1. The molecule has 0 aromatic heterocycles. The van der Waals surface area contributed by atoms with Crippen LogP contribution in [0.5, 0.6) is 5.75 Å². The summed E-state index contributed by atoms with van der Waals surface area (Å²) in [5, 5.41) is 3.08. The van der Waals surface area contributed by atoms with Gasteiger partial charge in [-0.25, -0.2) is 0 Å². The zero-order valence-electron chi connectivity index (χ0n) is 22.3. The van der Waals surface area contributed by atoms with Crippen LogP contribution < -0.4 is 10.1 Å². The molecule has 1 unspecified atom stereocenters. The molecule has 0 radical (unpaired) electrons. The maximum absolute atomic E-state index is 13.7. The van der Waals surface area contributed by atoms with Gasteiger partial charge in [0.15, 0.2) is 6.61 Å². The molecule has 0 saturated heterocycles. The molecule has 3 rings (SSSR count). The van der Waals surface area contributed by atoms with Gasteiger partial charge in [0, 0.05) is 23.0 Å². The number of amides is 2. The quantitative estimate of drug-likeness (QED) is 0.305. The van der Waals surface area contributed by atoms with Gasteiger partial charge in [0.25, 0.3) is 5.91 Å². The smallest absolute Gasteiger partial charge is 0.261 e. The first-order chi connectivity index (χ1) is 17.5. The maximum Gasteiger partial charge on any atom is 0.261 e. The molecule has 1 N–H and O–H groups in total. The van der Waals surface area contributed by atoms with Crippen LogP contribution in [-0.2, 0) is 22.6 Å². The number of hydrogen-bond donors (Lipinski definition) is 1. The Morgan fingerprint density at radius 1 is 0.919 bits per heavy atom. The van der Waals surface area contributed by atoms with E-state index in [9.17, 15) is 9.59 Å². The molecule has 6 heteroatoms. The number of halogens is 1. The van der Waals surface area contributed by atoms with Gasteiger partial charge >= 0.3 is 0 Å². The summed E-state index contributed by atoms with van der Waals surface area (Å²) in [6.45, 7) is 10.2. The maximum atomic E-state index is 13.7. The molecular formula is C31H37BrN2O3. The van der Waals surface area contributed by atoms with Crippen LogP contribution in [0.2, 0.25) is 0 Å². The summed E-state index contributed by atoms with van der Waals surface area (Å²) in [6.07, 6.45) is 0.394. The van der Waals surface area contributed by atoms with Crippen molar-refractivity contribution in [3.8, 4) is 5.75 Å². The zero-order chi connectivity index (χ0) is 27.0. The van der Waals surface area contributed by atoms with E-state index in [1.54, 1.807) is 4.90 Å². The summed E-state index contributed by atoms with van der Waals surface area (Å²) in [4.78, 5) is 28.9. The Hall–Kier alpha value is -3.12. The van der Waals surface area contributed by atoms with E-state index >= 15 is 0 Å². The molecule has 0 aliphatic carbocycles. The molecule has 1 atom stereocenters. The third kappa shape index (κ3) is 9.04. The number of nitrogens with zero attached hydrogens (tertiary/aromatic N) is 1. The van der Waals surface area contributed by atoms with Crippen LogP contribution in [0.15, 0.2) is 83.3 Å². The first kappa shape index (κ1) is 28.5. The van der Waals surface area contributed by atoms with Crippen molar-refractivity contribution in [3.05, 3.63) is 100 Å². The molecule has 2 amide bonds. The standard InChI is InChI=1S/C31H37BrN2O3/c1-22(2)25-14-16-27(17-15-25)37-21-29(35)34(20-24-12-9-13-26(32)18-24)28(30(36)33-31(3,4)5)19-23-10-7-6-8-11-23/h6-18,22,28H,19-21H2,1-5H3,(H,33,36). The number of hydrogen-bond acceptors (Lipinski definition) is 3. The number of benzene rings is 3. The summed E-state index contributed by atoms with van der Waals surface area (Å²) in [7, 11) is 0. The molecular weight excluding hydrogens is 528 g/mol. The van der Waals surface area contributed by atoms with E-state index in [0.717, 1.165) is 15.6 Å². The van der Waals surface area contributed by atoms with Gasteiger partial charge in [0.2, 0.25) is 5.91 Å². The van der Waals surface area contributed by atoms with Gasteiger partial charge in [-0.1, -0.05) is 84.4 Å². The first-order valence-electron chi connectivity index (χ1n) is 12.6. The molecule has 0 aliphatic heterocycles. The SMILES string of the molecule is CC(C)c1ccc(OCC(=O)N(Cc2cccc(Br)c2)C(Cc2ccccc2)C(=O)NC(C)(C)C)cc1. The number of carbonyl (C=O) groups excluding carboxylic acids is 2. The lowest BCUT2D eigenvalue weighted by Gasteiger charge is -2.33. The lowest BCUT2D eigenvalue weighted by atomic mass is 10.0. The van der Waals surface area contributed by atoms with E-state index in [4.69, 9.17) is 4.74 Å². The third-order valence-corrected chi connectivity index (χ3v) is 6.41. The Morgan fingerprint density at radius 2 is 1.57 bits per heavy atom. The Kier molecular flexibility index (Phi) is 9.93. The molecule has 196 valence electrons. The fraction of sp³-hybridized carbons (Fsp3) is 0.355. The third-order valence-electron chi connectivity index (χ3n) is 5.92. The molecule has 0 heterocycles. The average molecular weight is 566 g/mol. The second-order valence-electron chi connectivity index (χ2n) is 10.6. The minimum absolute atomic E-state index is 0.164. The Balaban J connectivity index is 1.90. The fourth-order valence-electron chi connectivity index (χ4n) is 4.02. The highest BCUT2D eigenvalue weighted by Crippen LogP contribution is 2.21. The predicted octanol–water partition coefficient (Wildman–Crippen LogP) is 6.51. The second kappa shape index (κ2) is 12.9. The predicted molar refractivity (Wildman–Crippen MR) is 153 cm³/mol. The minimum atomic E-state index is -0.708.